The van der Waals surface area contributed by atoms with Gasteiger partial charge in [0.2, 0.25) is 5.91 Å². The van der Waals surface area contributed by atoms with Gasteiger partial charge in [-0.1, -0.05) is 42.5 Å². The molecule has 2 rings (SSSR count). The summed E-state index contributed by atoms with van der Waals surface area (Å²) in [6.07, 6.45) is 0.848. The number of benzene rings is 2. The Morgan fingerprint density at radius 2 is 1.73 bits per heavy atom. The van der Waals surface area contributed by atoms with Gasteiger partial charge in [-0.05, 0) is 29.7 Å². The summed E-state index contributed by atoms with van der Waals surface area (Å²) in [4.78, 5) is 15.9. The zero-order valence-corrected chi connectivity index (χ0v) is 17.1. The third-order valence-electron chi connectivity index (χ3n) is 3.60. The van der Waals surface area contributed by atoms with E-state index < -0.39 is 0 Å². The maximum absolute atomic E-state index is 11.8. The highest BCUT2D eigenvalue weighted by Gasteiger charge is 2.01. The normalized spacial score (nSPS) is 10.6. The highest BCUT2D eigenvalue weighted by Crippen LogP contribution is 2.10. The predicted molar refractivity (Wildman–Crippen MR) is 115 cm³/mol. The molecule has 140 valence electrons. The number of carbonyl (C=O) groups excluding carboxylic acids is 1. The highest BCUT2D eigenvalue weighted by molar-refractivity contribution is 14.0. The van der Waals surface area contributed by atoms with Gasteiger partial charge in [0.1, 0.15) is 12.3 Å². The van der Waals surface area contributed by atoms with Gasteiger partial charge in [0.05, 0.1) is 7.11 Å². The van der Waals surface area contributed by atoms with Gasteiger partial charge < -0.3 is 21.1 Å². The van der Waals surface area contributed by atoms with Crippen molar-refractivity contribution in [2.45, 2.75) is 13.0 Å². The number of nitrogens with zero attached hydrogens (tertiary/aromatic N) is 1. The van der Waals surface area contributed by atoms with E-state index in [0.717, 1.165) is 17.7 Å². The topological polar surface area (TPSA) is 88.7 Å². The van der Waals surface area contributed by atoms with Gasteiger partial charge in [-0.3, -0.25) is 4.79 Å². The largest absolute Gasteiger partial charge is 0.497 e. The van der Waals surface area contributed by atoms with Crippen molar-refractivity contribution in [2.75, 3.05) is 20.2 Å². The summed E-state index contributed by atoms with van der Waals surface area (Å²) >= 11 is 0. The molecular formula is C19H25IN4O2. The van der Waals surface area contributed by atoms with E-state index in [1.54, 1.807) is 7.11 Å². The first-order valence-electron chi connectivity index (χ1n) is 8.14. The molecule has 0 heterocycles. The molecule has 0 bridgehead atoms. The molecule has 0 saturated heterocycles. The molecule has 0 radical (unpaired) electrons. The average Bonchev–Trinajstić information content (AvgIpc) is 2.66. The van der Waals surface area contributed by atoms with Crippen molar-refractivity contribution >= 4 is 35.8 Å². The third kappa shape index (κ3) is 8.19. The van der Waals surface area contributed by atoms with Crippen LogP contribution in [0.3, 0.4) is 0 Å². The first-order chi connectivity index (χ1) is 12.2. The van der Waals surface area contributed by atoms with Gasteiger partial charge >= 0.3 is 0 Å². The number of hydrogen-bond acceptors (Lipinski definition) is 3. The number of nitrogens with two attached hydrogens (primary N) is 1. The lowest BCUT2D eigenvalue weighted by atomic mass is 10.1. The van der Waals surface area contributed by atoms with Gasteiger partial charge in [-0.25, -0.2) is 4.99 Å². The Bertz CT molecular complexity index is 690. The van der Waals surface area contributed by atoms with Crippen LogP contribution in [-0.4, -0.2) is 32.1 Å². The summed E-state index contributed by atoms with van der Waals surface area (Å²) in [6, 6.07) is 17.6. The van der Waals surface area contributed by atoms with Gasteiger partial charge in [0.25, 0.3) is 0 Å². The van der Waals surface area contributed by atoms with Crippen LogP contribution in [0.5, 0.6) is 5.75 Å². The van der Waals surface area contributed by atoms with Gasteiger partial charge in [-0.15, -0.1) is 24.0 Å². The van der Waals surface area contributed by atoms with Crippen LogP contribution in [0, 0.1) is 0 Å². The Hall–Kier alpha value is -2.29. The number of hydrogen-bond donors (Lipinski definition) is 3. The Morgan fingerprint density at radius 3 is 2.38 bits per heavy atom. The molecule has 0 saturated carbocycles. The number of amides is 1. The third-order valence-corrected chi connectivity index (χ3v) is 3.60. The first-order valence-corrected chi connectivity index (χ1v) is 8.14. The molecule has 0 aliphatic carbocycles. The molecule has 6 nitrogen and oxygen atoms in total. The zero-order valence-electron chi connectivity index (χ0n) is 14.8. The molecule has 0 fully saturated rings. The minimum Gasteiger partial charge on any atom is -0.497 e. The second kappa shape index (κ2) is 12.1. The molecule has 4 N–H and O–H groups in total. The maximum Gasteiger partial charge on any atom is 0.242 e. The van der Waals surface area contributed by atoms with E-state index in [9.17, 15) is 4.79 Å². The van der Waals surface area contributed by atoms with Crippen molar-refractivity contribution in [3.05, 3.63) is 65.7 Å². The van der Waals surface area contributed by atoms with Gasteiger partial charge in [-0.2, -0.15) is 0 Å². The van der Waals surface area contributed by atoms with E-state index in [1.165, 1.54) is 5.56 Å². The predicted octanol–water partition coefficient (Wildman–Crippen LogP) is 2.08. The second-order valence-electron chi connectivity index (χ2n) is 5.49. The quantitative estimate of drug-likeness (QED) is 0.315. The number of halogens is 1. The van der Waals surface area contributed by atoms with Crippen LogP contribution in [-0.2, 0) is 17.8 Å². The van der Waals surface area contributed by atoms with E-state index >= 15 is 0 Å². The molecule has 0 spiro atoms. The van der Waals surface area contributed by atoms with Crippen LogP contribution in [0.4, 0.5) is 0 Å². The lowest BCUT2D eigenvalue weighted by molar-refractivity contribution is -0.119. The molecule has 0 aliphatic heterocycles. The molecule has 1 amide bonds. The van der Waals surface area contributed by atoms with E-state index in [2.05, 4.69) is 27.8 Å². The van der Waals surface area contributed by atoms with Crippen LogP contribution in [0.15, 0.2) is 59.6 Å². The van der Waals surface area contributed by atoms with Crippen LogP contribution < -0.4 is 21.1 Å². The van der Waals surface area contributed by atoms with Crippen molar-refractivity contribution in [1.82, 2.24) is 10.6 Å². The van der Waals surface area contributed by atoms with E-state index in [-0.39, 0.29) is 42.4 Å². The number of aliphatic imine (C=N–C) groups is 1. The summed E-state index contributed by atoms with van der Waals surface area (Å²) in [6.45, 7) is 1.12. The number of ether oxygens (including phenoxy) is 1. The minimum atomic E-state index is -0.177. The lowest BCUT2D eigenvalue weighted by Gasteiger charge is -2.07. The molecule has 26 heavy (non-hydrogen) atoms. The molecule has 0 aliphatic rings. The van der Waals surface area contributed by atoms with Gasteiger partial charge in [0, 0.05) is 13.1 Å². The summed E-state index contributed by atoms with van der Waals surface area (Å²) in [5.74, 6) is 0.883. The summed E-state index contributed by atoms with van der Waals surface area (Å²) < 4.78 is 5.09. The van der Waals surface area contributed by atoms with Crippen LogP contribution >= 0.6 is 24.0 Å². The number of nitrogens with one attached hydrogen (secondary N) is 2. The fraction of sp³-hybridized carbons (Fsp3) is 0.263. The molecule has 0 unspecified atom stereocenters. The average molecular weight is 468 g/mol. The molecular weight excluding hydrogens is 443 g/mol. The lowest BCUT2D eigenvalue weighted by Crippen LogP contribution is -2.35. The fourth-order valence-corrected chi connectivity index (χ4v) is 2.19. The standard InChI is InChI=1S/C19H24N4O2.HI/c1-25-17-9-7-16(8-10-17)13-22-18(24)14-23-19(20)21-12-11-15-5-3-2-4-6-15;/h2-10H,11-14H2,1H3,(H,22,24)(H3,20,21,23);1H. The summed E-state index contributed by atoms with van der Waals surface area (Å²) in [5.41, 5.74) is 7.99. The number of methoxy groups -OCH3 is 1. The second-order valence-corrected chi connectivity index (χ2v) is 5.49. The number of carbonyl (C=O) groups is 1. The molecule has 0 atom stereocenters. The number of guanidine groups is 1. The maximum atomic E-state index is 11.8. The van der Waals surface area contributed by atoms with E-state index in [1.807, 2.05) is 42.5 Å². The van der Waals surface area contributed by atoms with E-state index in [4.69, 9.17) is 10.5 Å². The monoisotopic (exact) mass is 468 g/mol. The summed E-state index contributed by atoms with van der Waals surface area (Å²) in [5, 5.41) is 5.81. The molecule has 0 aromatic heterocycles. The molecule has 2 aromatic rings. The first kappa shape index (κ1) is 21.8. The van der Waals surface area contributed by atoms with Crippen molar-refractivity contribution in [3.8, 4) is 5.75 Å². The van der Waals surface area contributed by atoms with Crippen molar-refractivity contribution in [2.24, 2.45) is 10.7 Å². The number of rotatable bonds is 8. The SMILES string of the molecule is COc1ccc(CNC(=O)CN=C(N)NCCc2ccccc2)cc1.I. The van der Waals surface area contributed by atoms with Crippen molar-refractivity contribution < 1.29 is 9.53 Å². The zero-order chi connectivity index (χ0) is 17.9. The highest BCUT2D eigenvalue weighted by atomic mass is 127. The van der Waals surface area contributed by atoms with Crippen LogP contribution in [0.2, 0.25) is 0 Å². The Kier molecular flexibility index (Phi) is 10.1. The van der Waals surface area contributed by atoms with Crippen molar-refractivity contribution in [1.29, 1.82) is 0 Å². The van der Waals surface area contributed by atoms with Crippen molar-refractivity contribution in [3.63, 3.8) is 0 Å². The molecule has 7 heteroatoms. The van der Waals surface area contributed by atoms with Gasteiger partial charge in [0.15, 0.2) is 5.96 Å². The van der Waals surface area contributed by atoms with E-state index in [0.29, 0.717) is 13.1 Å². The Balaban J connectivity index is 0.00000338. The minimum absolute atomic E-state index is 0. The fourth-order valence-electron chi connectivity index (χ4n) is 2.19. The molecule has 2 aromatic carbocycles. The summed E-state index contributed by atoms with van der Waals surface area (Å²) in [7, 11) is 1.62. The van der Waals surface area contributed by atoms with Crippen LogP contribution in [0.25, 0.3) is 0 Å². The Morgan fingerprint density at radius 1 is 1.04 bits per heavy atom. The Labute approximate surface area is 171 Å². The van der Waals surface area contributed by atoms with Crippen LogP contribution in [0.1, 0.15) is 11.1 Å². The smallest absolute Gasteiger partial charge is 0.242 e.